The zero-order chi connectivity index (χ0) is 14.7. The number of aromatic amines is 1. The van der Waals surface area contributed by atoms with Crippen molar-refractivity contribution in [2.75, 3.05) is 14.2 Å². The van der Waals surface area contributed by atoms with Crippen LogP contribution in [0.5, 0.6) is 5.75 Å². The molecule has 5 nitrogen and oxygen atoms in total. The number of H-pyrrole nitrogens is 1. The maximum absolute atomic E-state index is 12.2. The van der Waals surface area contributed by atoms with E-state index in [2.05, 4.69) is 16.6 Å². The van der Waals surface area contributed by atoms with Crippen LogP contribution in [0, 0.1) is 0 Å². The predicted molar refractivity (Wildman–Crippen MR) is 76.5 cm³/mol. The molecule has 1 aromatic carbocycles. The third-order valence-electron chi connectivity index (χ3n) is 3.13. The van der Waals surface area contributed by atoms with Crippen LogP contribution in [-0.2, 0) is 11.2 Å². The second-order valence-corrected chi connectivity index (χ2v) is 4.51. The van der Waals surface area contributed by atoms with Crippen LogP contribution in [0.3, 0.4) is 0 Å². The van der Waals surface area contributed by atoms with Crippen LogP contribution in [0.2, 0.25) is 0 Å². The Morgan fingerprint density at radius 3 is 2.60 bits per heavy atom. The molecule has 2 rings (SSSR count). The van der Waals surface area contributed by atoms with Crippen molar-refractivity contribution in [2.45, 2.75) is 19.8 Å². The average Bonchev–Trinajstić information content (AvgIpc) is 2.46. The fraction of sp³-hybridized carbons (Fsp3) is 0.333. The number of hydrogen-bond donors (Lipinski definition) is 1. The summed E-state index contributed by atoms with van der Waals surface area (Å²) < 4.78 is 9.94. The normalized spacial score (nSPS) is 10.6. The van der Waals surface area contributed by atoms with Gasteiger partial charge in [-0.05, 0) is 24.1 Å². The standard InChI is InChI=1S/C15H17NO4/c1-4-5-9-6-10-12(17)8-11(15(18)20-3)16-14(10)13(7-9)19-2/h6-8H,4-5H2,1-3H3,(H,16,17). The lowest BCUT2D eigenvalue weighted by Crippen LogP contribution is -2.12. The van der Waals surface area contributed by atoms with E-state index in [0.29, 0.717) is 16.7 Å². The predicted octanol–water partition coefficient (Wildman–Crippen LogP) is 2.28. The number of methoxy groups -OCH3 is 2. The van der Waals surface area contributed by atoms with Crippen LogP contribution in [0.1, 0.15) is 29.4 Å². The summed E-state index contributed by atoms with van der Waals surface area (Å²) in [6.07, 6.45) is 1.84. The third kappa shape index (κ3) is 2.52. The van der Waals surface area contributed by atoms with Gasteiger partial charge in [-0.1, -0.05) is 13.3 Å². The van der Waals surface area contributed by atoms with Crippen molar-refractivity contribution in [1.29, 1.82) is 0 Å². The van der Waals surface area contributed by atoms with E-state index in [1.165, 1.54) is 20.3 Å². The number of aryl methyl sites for hydroxylation is 1. The maximum atomic E-state index is 12.2. The van der Waals surface area contributed by atoms with E-state index < -0.39 is 5.97 Å². The number of nitrogens with one attached hydrogen (secondary N) is 1. The highest BCUT2D eigenvalue weighted by atomic mass is 16.5. The summed E-state index contributed by atoms with van der Waals surface area (Å²) in [5.74, 6) is -0.0301. The molecule has 0 bridgehead atoms. The van der Waals surface area contributed by atoms with Gasteiger partial charge in [0, 0.05) is 11.5 Å². The summed E-state index contributed by atoms with van der Waals surface area (Å²) in [6.45, 7) is 2.07. The minimum Gasteiger partial charge on any atom is -0.495 e. The van der Waals surface area contributed by atoms with E-state index in [9.17, 15) is 9.59 Å². The monoisotopic (exact) mass is 275 g/mol. The quantitative estimate of drug-likeness (QED) is 0.869. The van der Waals surface area contributed by atoms with Crippen LogP contribution in [0.15, 0.2) is 23.0 Å². The Balaban J connectivity index is 2.73. The summed E-state index contributed by atoms with van der Waals surface area (Å²) in [5.41, 5.74) is 1.44. The number of carbonyl (C=O) groups excluding carboxylic acids is 1. The Morgan fingerprint density at radius 1 is 1.25 bits per heavy atom. The number of esters is 1. The van der Waals surface area contributed by atoms with Gasteiger partial charge in [0.1, 0.15) is 11.4 Å². The molecular formula is C15H17NO4. The first-order valence-corrected chi connectivity index (χ1v) is 6.43. The van der Waals surface area contributed by atoms with Crippen molar-refractivity contribution in [3.63, 3.8) is 0 Å². The summed E-state index contributed by atoms with van der Waals surface area (Å²) in [6, 6.07) is 4.97. The molecule has 0 aliphatic heterocycles. The Morgan fingerprint density at radius 2 is 2.00 bits per heavy atom. The number of benzene rings is 1. The first-order chi connectivity index (χ1) is 9.60. The molecule has 0 saturated carbocycles. The van der Waals surface area contributed by atoms with E-state index in [1.807, 2.05) is 12.1 Å². The van der Waals surface area contributed by atoms with Crippen molar-refractivity contribution < 1.29 is 14.3 Å². The molecule has 0 atom stereocenters. The van der Waals surface area contributed by atoms with Crippen LogP contribution in [0.4, 0.5) is 0 Å². The van der Waals surface area contributed by atoms with Crippen LogP contribution >= 0.6 is 0 Å². The van der Waals surface area contributed by atoms with Gasteiger partial charge in [-0.15, -0.1) is 0 Å². The number of ether oxygens (including phenoxy) is 2. The molecule has 0 aliphatic rings. The highest BCUT2D eigenvalue weighted by molar-refractivity contribution is 5.93. The number of hydrogen-bond acceptors (Lipinski definition) is 4. The van der Waals surface area contributed by atoms with Gasteiger partial charge in [-0.3, -0.25) is 4.79 Å². The van der Waals surface area contributed by atoms with Crippen molar-refractivity contribution >= 4 is 16.9 Å². The molecule has 5 heteroatoms. The van der Waals surface area contributed by atoms with Gasteiger partial charge in [-0.2, -0.15) is 0 Å². The zero-order valence-corrected chi connectivity index (χ0v) is 11.8. The lowest BCUT2D eigenvalue weighted by Gasteiger charge is -2.10. The topological polar surface area (TPSA) is 68.4 Å². The second kappa shape index (κ2) is 5.77. The molecule has 0 fully saturated rings. The van der Waals surface area contributed by atoms with Crippen molar-refractivity contribution in [3.05, 3.63) is 39.7 Å². The fourth-order valence-corrected chi connectivity index (χ4v) is 2.19. The lowest BCUT2D eigenvalue weighted by molar-refractivity contribution is 0.0594. The second-order valence-electron chi connectivity index (χ2n) is 4.51. The van der Waals surface area contributed by atoms with Gasteiger partial charge in [0.25, 0.3) is 0 Å². The molecule has 2 aromatic rings. The fourth-order valence-electron chi connectivity index (χ4n) is 2.19. The van der Waals surface area contributed by atoms with Crippen LogP contribution in [-0.4, -0.2) is 25.2 Å². The first-order valence-electron chi connectivity index (χ1n) is 6.43. The van der Waals surface area contributed by atoms with Gasteiger partial charge in [0.05, 0.1) is 19.7 Å². The molecule has 0 saturated heterocycles. The minimum atomic E-state index is -0.580. The molecule has 1 aromatic heterocycles. The SMILES string of the molecule is CCCc1cc(OC)c2[nH]c(C(=O)OC)cc(=O)c2c1. The summed E-state index contributed by atoms with van der Waals surface area (Å²) in [4.78, 5) is 26.6. The summed E-state index contributed by atoms with van der Waals surface area (Å²) in [7, 11) is 2.81. The zero-order valence-electron chi connectivity index (χ0n) is 11.8. The number of fused-ring (bicyclic) bond motifs is 1. The van der Waals surface area contributed by atoms with Crippen LogP contribution < -0.4 is 10.2 Å². The third-order valence-corrected chi connectivity index (χ3v) is 3.13. The molecule has 0 radical (unpaired) electrons. The average molecular weight is 275 g/mol. The van der Waals surface area contributed by atoms with Gasteiger partial charge >= 0.3 is 5.97 Å². The van der Waals surface area contributed by atoms with Crippen molar-refractivity contribution in [2.24, 2.45) is 0 Å². The van der Waals surface area contributed by atoms with Crippen molar-refractivity contribution in [3.8, 4) is 5.75 Å². The number of carbonyl (C=O) groups is 1. The molecule has 0 unspecified atom stereocenters. The van der Waals surface area contributed by atoms with Gasteiger partial charge < -0.3 is 14.5 Å². The highest BCUT2D eigenvalue weighted by Crippen LogP contribution is 2.25. The molecule has 0 aliphatic carbocycles. The Hall–Kier alpha value is -2.30. The Bertz CT molecular complexity index is 703. The molecule has 0 amide bonds. The lowest BCUT2D eigenvalue weighted by atomic mass is 10.1. The molecule has 106 valence electrons. The van der Waals surface area contributed by atoms with E-state index in [0.717, 1.165) is 18.4 Å². The molecule has 20 heavy (non-hydrogen) atoms. The molecule has 0 spiro atoms. The van der Waals surface area contributed by atoms with Crippen LogP contribution in [0.25, 0.3) is 10.9 Å². The minimum absolute atomic E-state index is 0.117. The van der Waals surface area contributed by atoms with E-state index in [4.69, 9.17) is 4.74 Å². The maximum Gasteiger partial charge on any atom is 0.354 e. The largest absolute Gasteiger partial charge is 0.495 e. The van der Waals surface area contributed by atoms with Crippen molar-refractivity contribution in [1.82, 2.24) is 4.98 Å². The van der Waals surface area contributed by atoms with E-state index >= 15 is 0 Å². The smallest absolute Gasteiger partial charge is 0.354 e. The number of rotatable bonds is 4. The summed E-state index contributed by atoms with van der Waals surface area (Å²) >= 11 is 0. The van der Waals surface area contributed by atoms with Gasteiger partial charge in [0.2, 0.25) is 0 Å². The van der Waals surface area contributed by atoms with Gasteiger partial charge in [-0.25, -0.2) is 4.79 Å². The van der Waals surface area contributed by atoms with E-state index in [-0.39, 0.29) is 11.1 Å². The number of aromatic nitrogens is 1. The molecular weight excluding hydrogens is 258 g/mol. The molecule has 1 heterocycles. The Kier molecular flexibility index (Phi) is 4.08. The molecule has 1 N–H and O–H groups in total. The Labute approximate surface area is 116 Å². The van der Waals surface area contributed by atoms with E-state index in [1.54, 1.807) is 0 Å². The number of pyridine rings is 1. The van der Waals surface area contributed by atoms with Gasteiger partial charge in [0.15, 0.2) is 5.43 Å². The summed E-state index contributed by atoms with van der Waals surface area (Å²) in [5, 5.41) is 0.514. The first kappa shape index (κ1) is 14.1. The highest BCUT2D eigenvalue weighted by Gasteiger charge is 2.13.